The number of hydrogen-bond acceptors (Lipinski definition) is 4. The third kappa shape index (κ3) is 3.83. The number of nitrogens with one attached hydrogen (secondary N) is 1. The van der Waals surface area contributed by atoms with Crippen LogP contribution in [0.25, 0.3) is 10.6 Å². The molecule has 1 N–H and O–H groups in total. The van der Waals surface area contributed by atoms with E-state index in [2.05, 4.69) is 61.3 Å². The summed E-state index contributed by atoms with van der Waals surface area (Å²) in [6.45, 7) is 7.60. The molecule has 0 bridgehead atoms. The van der Waals surface area contributed by atoms with Gasteiger partial charge in [0, 0.05) is 30.8 Å². The average molecular weight is 396 g/mol. The number of rotatable bonds is 4. The van der Waals surface area contributed by atoms with Gasteiger partial charge in [0.25, 0.3) is 5.91 Å². The summed E-state index contributed by atoms with van der Waals surface area (Å²) in [4.78, 5) is 17.0. The Balaban J connectivity index is 1.37. The van der Waals surface area contributed by atoms with Gasteiger partial charge in [-0.1, -0.05) is 18.2 Å². The smallest absolute Gasteiger partial charge is 0.274 e. The summed E-state index contributed by atoms with van der Waals surface area (Å²) in [5.74, 6) is 0.969. The van der Waals surface area contributed by atoms with Gasteiger partial charge in [0.15, 0.2) is 5.69 Å². The highest BCUT2D eigenvalue weighted by atomic mass is 32.1. The molecule has 1 amide bonds. The lowest BCUT2D eigenvalue weighted by Crippen LogP contribution is -2.42. The lowest BCUT2D eigenvalue weighted by Gasteiger charge is -2.32. The van der Waals surface area contributed by atoms with E-state index in [0.717, 1.165) is 40.3 Å². The summed E-state index contributed by atoms with van der Waals surface area (Å²) in [5.41, 5.74) is 3.70. The van der Waals surface area contributed by atoms with E-state index in [-0.39, 0.29) is 12.0 Å². The molecular weight excluding hydrogens is 370 g/mol. The molecule has 0 saturated carbocycles. The number of ether oxygens (including phenoxy) is 1. The number of H-pyrrole nitrogens is 1. The van der Waals surface area contributed by atoms with Crippen molar-refractivity contribution in [1.82, 2.24) is 15.1 Å². The third-order valence-electron chi connectivity index (χ3n) is 5.23. The van der Waals surface area contributed by atoms with Gasteiger partial charge in [-0.05, 0) is 50.1 Å². The van der Waals surface area contributed by atoms with Crippen LogP contribution in [0.15, 0.2) is 36.4 Å². The molecule has 1 saturated heterocycles. The standard InChI is InChI=1S/C22H25N3O2S/c1-14-5-4-6-15(2)21(14)27-17-9-11-25(12-10-17)22(26)19-13-18(23-24-19)20-8-7-16(3)28-20/h4-8,13,17H,9-12H2,1-3H3,(H,23,24). The predicted octanol–water partition coefficient (Wildman–Crippen LogP) is 4.75. The average Bonchev–Trinajstić information content (AvgIpc) is 3.34. The van der Waals surface area contributed by atoms with E-state index >= 15 is 0 Å². The first-order chi connectivity index (χ1) is 13.5. The van der Waals surface area contributed by atoms with Crippen LogP contribution in [0.3, 0.4) is 0 Å². The fraction of sp³-hybridized carbons (Fsp3) is 0.364. The van der Waals surface area contributed by atoms with Crippen LogP contribution in [0.5, 0.6) is 5.75 Å². The maximum absolute atomic E-state index is 12.8. The Morgan fingerprint density at radius 3 is 2.50 bits per heavy atom. The molecule has 1 aliphatic rings. The number of nitrogens with zero attached hydrogens (tertiary/aromatic N) is 2. The molecule has 4 rings (SSSR count). The number of likely N-dealkylation sites (tertiary alicyclic amines) is 1. The predicted molar refractivity (Wildman–Crippen MR) is 112 cm³/mol. The first-order valence-corrected chi connectivity index (χ1v) is 10.5. The zero-order valence-corrected chi connectivity index (χ0v) is 17.3. The molecule has 28 heavy (non-hydrogen) atoms. The Labute approximate surface area is 169 Å². The minimum atomic E-state index is -0.0127. The van der Waals surface area contributed by atoms with Crippen molar-refractivity contribution < 1.29 is 9.53 Å². The molecule has 1 fully saturated rings. The Kier molecular flexibility index (Phi) is 5.22. The summed E-state index contributed by atoms with van der Waals surface area (Å²) < 4.78 is 6.26. The maximum atomic E-state index is 12.8. The summed E-state index contributed by atoms with van der Waals surface area (Å²) >= 11 is 1.69. The third-order valence-corrected chi connectivity index (χ3v) is 6.26. The number of aromatic nitrogens is 2. The summed E-state index contributed by atoms with van der Waals surface area (Å²) in [6.07, 6.45) is 1.81. The van der Waals surface area contributed by atoms with Gasteiger partial charge in [-0.2, -0.15) is 5.10 Å². The number of benzene rings is 1. The first kappa shape index (κ1) is 18.7. The molecule has 0 radical (unpaired) electrons. The second-order valence-corrected chi connectivity index (χ2v) is 8.70. The van der Waals surface area contributed by atoms with E-state index in [1.54, 1.807) is 11.3 Å². The lowest BCUT2D eigenvalue weighted by atomic mass is 10.1. The Bertz CT molecular complexity index is 963. The number of thiophene rings is 1. The second-order valence-electron chi connectivity index (χ2n) is 7.41. The van der Waals surface area contributed by atoms with Crippen molar-refractivity contribution >= 4 is 17.2 Å². The molecular formula is C22H25N3O2S. The molecule has 0 atom stereocenters. The molecule has 3 aromatic rings. The first-order valence-electron chi connectivity index (χ1n) is 9.65. The quantitative estimate of drug-likeness (QED) is 0.694. The topological polar surface area (TPSA) is 58.2 Å². The summed E-state index contributed by atoms with van der Waals surface area (Å²) in [7, 11) is 0. The molecule has 0 aliphatic carbocycles. The fourth-order valence-corrected chi connectivity index (χ4v) is 4.46. The van der Waals surface area contributed by atoms with Crippen LogP contribution >= 0.6 is 11.3 Å². The van der Waals surface area contributed by atoms with Crippen molar-refractivity contribution in [2.24, 2.45) is 0 Å². The SMILES string of the molecule is Cc1ccc(-c2cc(C(=O)N3CCC(Oc4c(C)cccc4C)CC3)n[nH]2)s1. The Morgan fingerprint density at radius 1 is 1.14 bits per heavy atom. The molecule has 0 spiro atoms. The van der Waals surface area contributed by atoms with Crippen LogP contribution in [-0.4, -0.2) is 40.2 Å². The van der Waals surface area contributed by atoms with Gasteiger partial charge in [0.05, 0.1) is 10.6 Å². The van der Waals surface area contributed by atoms with Crippen LogP contribution in [0.4, 0.5) is 0 Å². The van der Waals surface area contributed by atoms with E-state index in [1.165, 1.54) is 4.88 Å². The zero-order chi connectivity index (χ0) is 19.7. The van der Waals surface area contributed by atoms with Crippen molar-refractivity contribution in [2.45, 2.75) is 39.7 Å². The number of hydrogen-bond donors (Lipinski definition) is 1. The fourth-order valence-electron chi connectivity index (χ4n) is 3.63. The van der Waals surface area contributed by atoms with Crippen LogP contribution in [0.2, 0.25) is 0 Å². The highest BCUT2D eigenvalue weighted by Crippen LogP contribution is 2.28. The molecule has 146 valence electrons. The van der Waals surface area contributed by atoms with E-state index in [0.29, 0.717) is 18.8 Å². The summed E-state index contributed by atoms with van der Waals surface area (Å²) in [5, 5.41) is 7.24. The van der Waals surface area contributed by atoms with Gasteiger partial charge >= 0.3 is 0 Å². The van der Waals surface area contributed by atoms with Gasteiger partial charge in [0.1, 0.15) is 11.9 Å². The second kappa shape index (κ2) is 7.80. The van der Waals surface area contributed by atoms with E-state index in [9.17, 15) is 4.79 Å². The lowest BCUT2D eigenvalue weighted by molar-refractivity contribution is 0.0587. The van der Waals surface area contributed by atoms with Gasteiger partial charge in [-0.25, -0.2) is 0 Å². The van der Waals surface area contributed by atoms with Crippen LogP contribution in [-0.2, 0) is 0 Å². The monoisotopic (exact) mass is 395 g/mol. The minimum Gasteiger partial charge on any atom is -0.490 e. The maximum Gasteiger partial charge on any atom is 0.274 e. The number of aromatic amines is 1. The minimum absolute atomic E-state index is 0.0127. The number of para-hydroxylation sites is 1. The van der Waals surface area contributed by atoms with Gasteiger partial charge in [-0.3, -0.25) is 9.89 Å². The van der Waals surface area contributed by atoms with E-state index in [4.69, 9.17) is 4.74 Å². The number of carbonyl (C=O) groups excluding carboxylic acids is 1. The number of amides is 1. The molecule has 1 aliphatic heterocycles. The van der Waals surface area contributed by atoms with Gasteiger partial charge in [-0.15, -0.1) is 11.3 Å². The van der Waals surface area contributed by atoms with E-state index < -0.39 is 0 Å². The van der Waals surface area contributed by atoms with Crippen molar-refractivity contribution in [3.05, 3.63) is 58.1 Å². The van der Waals surface area contributed by atoms with Crippen molar-refractivity contribution in [3.8, 4) is 16.3 Å². The van der Waals surface area contributed by atoms with Crippen LogP contribution < -0.4 is 4.74 Å². The molecule has 6 heteroatoms. The number of aryl methyl sites for hydroxylation is 3. The van der Waals surface area contributed by atoms with Crippen molar-refractivity contribution in [1.29, 1.82) is 0 Å². The molecule has 2 aromatic heterocycles. The molecule has 0 unspecified atom stereocenters. The highest BCUT2D eigenvalue weighted by molar-refractivity contribution is 7.15. The van der Waals surface area contributed by atoms with Gasteiger partial charge < -0.3 is 9.64 Å². The van der Waals surface area contributed by atoms with Crippen molar-refractivity contribution in [3.63, 3.8) is 0 Å². The van der Waals surface area contributed by atoms with Crippen molar-refractivity contribution in [2.75, 3.05) is 13.1 Å². The van der Waals surface area contributed by atoms with Crippen LogP contribution in [0.1, 0.15) is 39.3 Å². The molecule has 1 aromatic carbocycles. The Hall–Kier alpha value is -2.60. The molecule has 5 nitrogen and oxygen atoms in total. The Morgan fingerprint density at radius 2 is 1.86 bits per heavy atom. The largest absolute Gasteiger partial charge is 0.490 e. The van der Waals surface area contributed by atoms with Gasteiger partial charge in [0.2, 0.25) is 0 Å². The normalized spacial score (nSPS) is 15.0. The van der Waals surface area contributed by atoms with Crippen LogP contribution in [0, 0.1) is 20.8 Å². The van der Waals surface area contributed by atoms with E-state index in [1.807, 2.05) is 11.0 Å². The number of piperidine rings is 1. The highest BCUT2D eigenvalue weighted by Gasteiger charge is 2.26. The summed E-state index contributed by atoms with van der Waals surface area (Å²) in [6, 6.07) is 12.2. The number of carbonyl (C=O) groups is 1. The molecule has 3 heterocycles. The zero-order valence-electron chi connectivity index (χ0n) is 16.5.